The molecular weight excluding hydrogens is 258 g/mol. The van der Waals surface area contributed by atoms with Gasteiger partial charge in [0.15, 0.2) is 0 Å². The first-order valence-electron chi connectivity index (χ1n) is 6.80. The second kappa shape index (κ2) is 6.36. The fourth-order valence-corrected chi connectivity index (χ4v) is 2.38. The third-order valence-corrected chi connectivity index (χ3v) is 3.59. The van der Waals surface area contributed by atoms with Gasteiger partial charge < -0.3 is 15.7 Å². The number of carboxylic acids is 1. The Hall–Kier alpha value is -2.11. The molecule has 108 valence electrons. The molecule has 1 aromatic rings. The monoisotopic (exact) mass is 277 g/mol. The van der Waals surface area contributed by atoms with E-state index < -0.39 is 5.97 Å². The first kappa shape index (κ1) is 14.3. The summed E-state index contributed by atoms with van der Waals surface area (Å²) in [5.74, 6) is -0.338. The molecule has 0 saturated heterocycles. The van der Waals surface area contributed by atoms with E-state index in [9.17, 15) is 9.59 Å². The maximum absolute atomic E-state index is 11.8. The quantitative estimate of drug-likeness (QED) is 0.791. The van der Waals surface area contributed by atoms with Crippen molar-refractivity contribution in [1.82, 2.24) is 10.3 Å². The third-order valence-electron chi connectivity index (χ3n) is 3.59. The number of amides is 2. The molecule has 0 spiro atoms. The van der Waals surface area contributed by atoms with E-state index in [4.69, 9.17) is 5.11 Å². The topological polar surface area (TPSA) is 91.3 Å². The van der Waals surface area contributed by atoms with Crippen molar-refractivity contribution in [1.29, 1.82) is 0 Å². The zero-order chi connectivity index (χ0) is 14.5. The Bertz CT molecular complexity index is 496. The summed E-state index contributed by atoms with van der Waals surface area (Å²) in [6, 6.07) is 1.27. The molecule has 0 aliphatic heterocycles. The van der Waals surface area contributed by atoms with Crippen molar-refractivity contribution in [3.63, 3.8) is 0 Å². The molecule has 2 rings (SSSR count). The lowest BCUT2D eigenvalue weighted by atomic mass is 9.87. The van der Waals surface area contributed by atoms with Gasteiger partial charge >= 0.3 is 12.0 Å². The van der Waals surface area contributed by atoms with Crippen molar-refractivity contribution in [3.8, 4) is 0 Å². The molecule has 1 fully saturated rings. The minimum atomic E-state index is -1.07. The number of carbonyl (C=O) groups is 2. The zero-order valence-corrected chi connectivity index (χ0v) is 11.4. The first-order valence-corrected chi connectivity index (χ1v) is 6.80. The molecule has 1 aliphatic rings. The van der Waals surface area contributed by atoms with Crippen molar-refractivity contribution in [2.75, 3.05) is 5.32 Å². The highest BCUT2D eigenvalue weighted by Gasteiger charge is 2.19. The van der Waals surface area contributed by atoms with Crippen LogP contribution in [0.5, 0.6) is 0 Å². The molecule has 3 N–H and O–H groups in total. The molecule has 6 nitrogen and oxygen atoms in total. The Kier molecular flexibility index (Phi) is 4.55. The highest BCUT2D eigenvalue weighted by Crippen LogP contribution is 2.23. The standard InChI is InChI=1S/C14H19N3O3/c1-9-2-4-11(5-3-9)16-14(20)17-12-6-10(13(18)19)7-15-8-12/h6-9,11H,2-5H2,1H3,(H,18,19)(H2,16,17,20). The average Bonchev–Trinajstić information content (AvgIpc) is 2.41. The molecule has 20 heavy (non-hydrogen) atoms. The van der Waals surface area contributed by atoms with Crippen molar-refractivity contribution in [3.05, 3.63) is 24.0 Å². The number of hydrogen-bond acceptors (Lipinski definition) is 3. The smallest absolute Gasteiger partial charge is 0.337 e. The second-order valence-electron chi connectivity index (χ2n) is 5.32. The number of hydrogen-bond donors (Lipinski definition) is 3. The second-order valence-corrected chi connectivity index (χ2v) is 5.32. The number of carbonyl (C=O) groups excluding carboxylic acids is 1. The van der Waals surface area contributed by atoms with Crippen molar-refractivity contribution in [2.45, 2.75) is 38.6 Å². The number of carboxylic acid groups (broad SMARTS) is 1. The SMILES string of the molecule is CC1CCC(NC(=O)Nc2cncc(C(=O)O)c2)CC1. The number of pyridine rings is 1. The maximum atomic E-state index is 11.8. The van der Waals surface area contributed by atoms with Gasteiger partial charge in [-0.3, -0.25) is 4.98 Å². The van der Waals surface area contributed by atoms with Crippen LogP contribution in [0.25, 0.3) is 0 Å². The van der Waals surface area contributed by atoms with Crippen LogP contribution in [0, 0.1) is 5.92 Å². The fraction of sp³-hybridized carbons (Fsp3) is 0.500. The number of nitrogens with one attached hydrogen (secondary N) is 2. The number of anilines is 1. The van der Waals surface area contributed by atoms with E-state index in [1.807, 2.05) is 0 Å². The molecule has 6 heteroatoms. The van der Waals surface area contributed by atoms with Gasteiger partial charge in [-0.25, -0.2) is 9.59 Å². The van der Waals surface area contributed by atoms with E-state index in [2.05, 4.69) is 22.5 Å². The third kappa shape index (κ3) is 3.94. The molecule has 0 radical (unpaired) electrons. The Labute approximate surface area is 117 Å². The minimum absolute atomic E-state index is 0.0503. The van der Waals surface area contributed by atoms with E-state index in [1.54, 1.807) is 0 Å². The zero-order valence-electron chi connectivity index (χ0n) is 11.4. The summed E-state index contributed by atoms with van der Waals surface area (Å²) in [6.07, 6.45) is 6.90. The lowest BCUT2D eigenvalue weighted by Gasteiger charge is -2.26. The van der Waals surface area contributed by atoms with Gasteiger partial charge in [-0.2, -0.15) is 0 Å². The van der Waals surface area contributed by atoms with Crippen LogP contribution >= 0.6 is 0 Å². The maximum Gasteiger partial charge on any atom is 0.337 e. The van der Waals surface area contributed by atoms with Crippen molar-refractivity contribution < 1.29 is 14.7 Å². The largest absolute Gasteiger partial charge is 0.478 e. The van der Waals surface area contributed by atoms with Crippen LogP contribution in [0.3, 0.4) is 0 Å². The van der Waals surface area contributed by atoms with E-state index in [-0.39, 0.29) is 17.6 Å². The molecular formula is C14H19N3O3. The van der Waals surface area contributed by atoms with Gasteiger partial charge in [0.1, 0.15) is 0 Å². The van der Waals surface area contributed by atoms with Crippen LogP contribution in [0.15, 0.2) is 18.5 Å². The van der Waals surface area contributed by atoms with Gasteiger partial charge in [-0.1, -0.05) is 6.92 Å². The molecule has 2 amide bonds. The summed E-state index contributed by atoms with van der Waals surface area (Å²) in [5, 5.41) is 14.4. The minimum Gasteiger partial charge on any atom is -0.478 e. The van der Waals surface area contributed by atoms with Crippen LogP contribution in [-0.2, 0) is 0 Å². The molecule has 1 aliphatic carbocycles. The van der Waals surface area contributed by atoms with E-state index in [0.29, 0.717) is 5.69 Å². The number of aromatic nitrogens is 1. The van der Waals surface area contributed by atoms with Gasteiger partial charge in [-0.15, -0.1) is 0 Å². The summed E-state index contributed by atoms with van der Waals surface area (Å²) >= 11 is 0. The van der Waals surface area contributed by atoms with Crippen LogP contribution in [0.2, 0.25) is 0 Å². The molecule has 1 aromatic heterocycles. The summed E-state index contributed by atoms with van der Waals surface area (Å²) in [4.78, 5) is 26.5. The van der Waals surface area contributed by atoms with Crippen LogP contribution < -0.4 is 10.6 Å². The number of aromatic carboxylic acids is 1. The Morgan fingerprint density at radius 3 is 2.60 bits per heavy atom. The molecule has 1 saturated carbocycles. The van der Waals surface area contributed by atoms with E-state index in [1.165, 1.54) is 18.5 Å². The predicted octanol–water partition coefficient (Wildman–Crippen LogP) is 2.48. The fourth-order valence-electron chi connectivity index (χ4n) is 2.38. The van der Waals surface area contributed by atoms with E-state index >= 15 is 0 Å². The number of urea groups is 1. The molecule has 0 unspecified atom stereocenters. The van der Waals surface area contributed by atoms with Crippen molar-refractivity contribution >= 4 is 17.7 Å². The van der Waals surface area contributed by atoms with Gasteiger partial charge in [0, 0.05) is 12.2 Å². The molecule has 0 atom stereocenters. The van der Waals surface area contributed by atoms with Gasteiger partial charge in [0.2, 0.25) is 0 Å². The highest BCUT2D eigenvalue weighted by atomic mass is 16.4. The first-order chi connectivity index (χ1) is 9.54. The van der Waals surface area contributed by atoms with E-state index in [0.717, 1.165) is 31.6 Å². The summed E-state index contributed by atoms with van der Waals surface area (Å²) in [7, 11) is 0. The Balaban J connectivity index is 1.88. The van der Waals surface area contributed by atoms with Gasteiger partial charge in [0.25, 0.3) is 0 Å². The summed E-state index contributed by atoms with van der Waals surface area (Å²) in [5.41, 5.74) is 0.431. The van der Waals surface area contributed by atoms with Crippen molar-refractivity contribution in [2.24, 2.45) is 5.92 Å². The highest BCUT2D eigenvalue weighted by molar-refractivity contribution is 5.92. The molecule has 0 bridgehead atoms. The molecule has 0 aromatic carbocycles. The Morgan fingerprint density at radius 2 is 1.95 bits per heavy atom. The lowest BCUT2D eigenvalue weighted by molar-refractivity contribution is 0.0696. The predicted molar refractivity (Wildman–Crippen MR) is 74.8 cm³/mol. The summed E-state index contributed by atoms with van der Waals surface area (Å²) in [6.45, 7) is 2.22. The number of rotatable bonds is 3. The van der Waals surface area contributed by atoms with Crippen LogP contribution in [0.4, 0.5) is 10.5 Å². The van der Waals surface area contributed by atoms with Gasteiger partial charge in [-0.05, 0) is 37.7 Å². The van der Waals surface area contributed by atoms with Crippen LogP contribution in [0.1, 0.15) is 43.0 Å². The van der Waals surface area contributed by atoms with Crippen LogP contribution in [-0.4, -0.2) is 28.1 Å². The van der Waals surface area contributed by atoms with Gasteiger partial charge in [0.05, 0.1) is 17.4 Å². The lowest BCUT2D eigenvalue weighted by Crippen LogP contribution is -2.39. The normalized spacial score (nSPS) is 22.1. The molecule has 1 heterocycles. The summed E-state index contributed by atoms with van der Waals surface area (Å²) < 4.78 is 0. The number of nitrogens with zero attached hydrogens (tertiary/aromatic N) is 1. The Morgan fingerprint density at radius 1 is 1.25 bits per heavy atom. The average molecular weight is 277 g/mol.